The van der Waals surface area contributed by atoms with Gasteiger partial charge in [-0.15, -0.1) is 0 Å². The van der Waals surface area contributed by atoms with Crippen molar-refractivity contribution in [2.24, 2.45) is 5.92 Å². The summed E-state index contributed by atoms with van der Waals surface area (Å²) >= 11 is 0. The lowest BCUT2D eigenvalue weighted by Gasteiger charge is -2.23. The highest BCUT2D eigenvalue weighted by molar-refractivity contribution is 5.97. The van der Waals surface area contributed by atoms with Crippen LogP contribution in [0, 0.1) is 5.92 Å². The molecule has 2 aromatic carbocycles. The van der Waals surface area contributed by atoms with E-state index in [1.165, 1.54) is 11.1 Å². The van der Waals surface area contributed by atoms with E-state index in [4.69, 9.17) is 0 Å². The molecule has 1 aliphatic carbocycles. The number of hydrogen-bond acceptors (Lipinski definition) is 3. The zero-order valence-corrected chi connectivity index (χ0v) is 18.2. The van der Waals surface area contributed by atoms with Gasteiger partial charge < -0.3 is 16.0 Å². The Kier molecular flexibility index (Phi) is 7.63. The molecule has 1 atom stereocenters. The van der Waals surface area contributed by atoms with Crippen molar-refractivity contribution in [2.45, 2.75) is 58.5 Å². The average molecular weight is 408 g/mol. The van der Waals surface area contributed by atoms with E-state index < -0.39 is 0 Å². The first-order valence-electron chi connectivity index (χ1n) is 11.0. The van der Waals surface area contributed by atoms with Gasteiger partial charge >= 0.3 is 0 Å². The normalized spacial score (nSPS) is 14.4. The van der Waals surface area contributed by atoms with Crippen molar-refractivity contribution in [3.8, 4) is 0 Å². The van der Waals surface area contributed by atoms with Crippen molar-refractivity contribution in [2.75, 3.05) is 11.9 Å². The van der Waals surface area contributed by atoms with Crippen LogP contribution in [0.3, 0.4) is 0 Å². The molecule has 0 radical (unpaired) electrons. The third-order valence-electron chi connectivity index (χ3n) is 5.35. The van der Waals surface area contributed by atoms with Crippen molar-refractivity contribution in [3.05, 3.63) is 65.2 Å². The highest BCUT2D eigenvalue weighted by Gasteiger charge is 2.24. The summed E-state index contributed by atoms with van der Waals surface area (Å²) in [5.74, 6) is 0.144. The predicted molar refractivity (Wildman–Crippen MR) is 122 cm³/mol. The third kappa shape index (κ3) is 6.42. The molecule has 30 heavy (non-hydrogen) atoms. The number of benzene rings is 2. The van der Waals surface area contributed by atoms with Gasteiger partial charge in [-0.05, 0) is 54.5 Å². The second kappa shape index (κ2) is 10.4. The van der Waals surface area contributed by atoms with Crippen LogP contribution in [0.2, 0.25) is 0 Å². The van der Waals surface area contributed by atoms with Gasteiger partial charge in [0.1, 0.15) is 0 Å². The van der Waals surface area contributed by atoms with Gasteiger partial charge in [-0.2, -0.15) is 0 Å². The molecule has 160 valence electrons. The van der Waals surface area contributed by atoms with Crippen molar-refractivity contribution < 1.29 is 9.59 Å². The van der Waals surface area contributed by atoms with Gasteiger partial charge in [0.2, 0.25) is 5.91 Å². The molecule has 0 aliphatic heterocycles. The van der Waals surface area contributed by atoms with Crippen LogP contribution < -0.4 is 16.0 Å². The van der Waals surface area contributed by atoms with E-state index in [1.54, 1.807) is 24.3 Å². The maximum atomic E-state index is 12.5. The minimum absolute atomic E-state index is 0.0851. The van der Waals surface area contributed by atoms with Gasteiger partial charge in [0.05, 0.1) is 6.54 Å². The zero-order valence-electron chi connectivity index (χ0n) is 18.2. The average Bonchev–Trinajstić information content (AvgIpc) is 3.53. The van der Waals surface area contributed by atoms with Crippen LogP contribution in [-0.4, -0.2) is 24.4 Å². The third-order valence-corrected chi connectivity index (χ3v) is 5.35. The summed E-state index contributed by atoms with van der Waals surface area (Å²) in [7, 11) is 0. The molecule has 1 fully saturated rings. The lowest BCUT2D eigenvalue weighted by molar-refractivity contribution is -0.115. The Balaban J connectivity index is 1.56. The molecule has 2 aromatic rings. The smallest absolute Gasteiger partial charge is 0.251 e. The summed E-state index contributed by atoms with van der Waals surface area (Å²) in [6.45, 7) is 6.69. The highest BCUT2D eigenvalue weighted by atomic mass is 16.2. The first-order chi connectivity index (χ1) is 14.5. The Labute approximate surface area is 179 Å². The van der Waals surface area contributed by atoms with Crippen LogP contribution in [0.1, 0.15) is 67.6 Å². The Hall–Kier alpha value is -2.66. The zero-order chi connectivity index (χ0) is 21.5. The topological polar surface area (TPSA) is 70.2 Å². The van der Waals surface area contributed by atoms with E-state index in [0.717, 1.165) is 25.7 Å². The summed E-state index contributed by atoms with van der Waals surface area (Å²) in [4.78, 5) is 24.7. The first kappa shape index (κ1) is 22.0. The van der Waals surface area contributed by atoms with Gasteiger partial charge in [0.15, 0.2) is 0 Å². The standard InChI is InChI=1S/C25H33N3O2/c1-4-6-18-9-11-19(12-10-18)24(17(2)3)26-16-23(29)27-22-8-5-7-20(15-22)25(30)28-21-13-14-21/h5,7-12,15,17,21,24,26H,4,6,13-14,16H2,1-3H3,(H,27,29)(H,28,30)/t24-/m1/s1. The number of carbonyl (C=O) groups excluding carboxylic acids is 2. The van der Waals surface area contributed by atoms with E-state index >= 15 is 0 Å². The Bertz CT molecular complexity index is 857. The highest BCUT2D eigenvalue weighted by Crippen LogP contribution is 2.23. The summed E-state index contributed by atoms with van der Waals surface area (Å²) in [6.07, 6.45) is 4.31. The second-order valence-electron chi connectivity index (χ2n) is 8.47. The van der Waals surface area contributed by atoms with Gasteiger partial charge in [-0.25, -0.2) is 0 Å². The van der Waals surface area contributed by atoms with Crippen LogP contribution in [0.25, 0.3) is 0 Å². The van der Waals surface area contributed by atoms with Gasteiger partial charge in [0, 0.05) is 23.3 Å². The fraction of sp³-hybridized carbons (Fsp3) is 0.440. The number of hydrogen-bond donors (Lipinski definition) is 3. The Morgan fingerprint density at radius 2 is 1.80 bits per heavy atom. The van der Waals surface area contributed by atoms with Crippen molar-refractivity contribution in [3.63, 3.8) is 0 Å². The number of amides is 2. The molecule has 0 spiro atoms. The molecule has 5 heteroatoms. The first-order valence-corrected chi connectivity index (χ1v) is 11.0. The van der Waals surface area contributed by atoms with Crippen molar-refractivity contribution >= 4 is 17.5 Å². The van der Waals surface area contributed by atoms with E-state index in [9.17, 15) is 9.59 Å². The molecule has 0 aromatic heterocycles. The van der Waals surface area contributed by atoms with Crippen LogP contribution in [0.15, 0.2) is 48.5 Å². The summed E-state index contributed by atoms with van der Waals surface area (Å²) < 4.78 is 0. The van der Waals surface area contributed by atoms with Crippen molar-refractivity contribution in [1.29, 1.82) is 0 Å². The van der Waals surface area contributed by atoms with Gasteiger partial charge in [-0.1, -0.05) is 57.5 Å². The summed E-state index contributed by atoms with van der Waals surface area (Å²) in [5, 5.41) is 9.25. The van der Waals surface area contributed by atoms with Crippen molar-refractivity contribution in [1.82, 2.24) is 10.6 Å². The predicted octanol–water partition coefficient (Wildman–Crippen LogP) is 4.46. The molecule has 2 amide bonds. The second-order valence-corrected chi connectivity index (χ2v) is 8.47. The number of rotatable bonds is 10. The maximum absolute atomic E-state index is 12.5. The fourth-order valence-electron chi connectivity index (χ4n) is 3.56. The molecule has 0 bridgehead atoms. The quantitative estimate of drug-likeness (QED) is 0.545. The van der Waals surface area contributed by atoms with Crippen LogP contribution in [0.5, 0.6) is 0 Å². The summed E-state index contributed by atoms with van der Waals surface area (Å²) in [5.41, 5.74) is 3.73. The fourth-order valence-corrected chi connectivity index (χ4v) is 3.56. The lowest BCUT2D eigenvalue weighted by Crippen LogP contribution is -2.33. The largest absolute Gasteiger partial charge is 0.349 e. The molecule has 5 nitrogen and oxygen atoms in total. The minimum Gasteiger partial charge on any atom is -0.349 e. The molecule has 1 saturated carbocycles. The van der Waals surface area contributed by atoms with E-state index in [2.05, 4.69) is 61.0 Å². The Morgan fingerprint density at radius 3 is 2.43 bits per heavy atom. The van der Waals surface area contributed by atoms with Gasteiger partial charge in [-0.3, -0.25) is 9.59 Å². The maximum Gasteiger partial charge on any atom is 0.251 e. The molecule has 3 N–H and O–H groups in total. The molecule has 1 aliphatic rings. The number of anilines is 1. The van der Waals surface area contributed by atoms with E-state index in [1.807, 2.05) is 0 Å². The molecular formula is C25H33N3O2. The van der Waals surface area contributed by atoms with Gasteiger partial charge in [0.25, 0.3) is 5.91 Å². The minimum atomic E-state index is -0.122. The van der Waals surface area contributed by atoms with E-state index in [-0.39, 0.29) is 24.4 Å². The Morgan fingerprint density at radius 1 is 1.07 bits per heavy atom. The molecule has 0 saturated heterocycles. The number of carbonyl (C=O) groups is 2. The molecule has 0 heterocycles. The molecule has 3 rings (SSSR count). The molecular weight excluding hydrogens is 374 g/mol. The molecule has 0 unspecified atom stereocenters. The lowest BCUT2D eigenvalue weighted by atomic mass is 9.94. The van der Waals surface area contributed by atoms with Crippen LogP contribution in [0.4, 0.5) is 5.69 Å². The number of nitrogens with one attached hydrogen (secondary N) is 3. The number of aryl methyl sites for hydroxylation is 1. The van der Waals surface area contributed by atoms with E-state index in [0.29, 0.717) is 23.2 Å². The monoisotopic (exact) mass is 407 g/mol. The SMILES string of the molecule is CCCc1ccc([C@H](NCC(=O)Nc2cccc(C(=O)NC3CC3)c2)C(C)C)cc1. The summed E-state index contributed by atoms with van der Waals surface area (Å²) in [6, 6.07) is 16.2. The van der Waals surface area contributed by atoms with Crippen LogP contribution >= 0.6 is 0 Å². The van der Waals surface area contributed by atoms with Crippen LogP contribution in [-0.2, 0) is 11.2 Å².